The van der Waals surface area contributed by atoms with Crippen molar-refractivity contribution in [3.8, 4) is 5.75 Å². The number of esters is 1. The van der Waals surface area contributed by atoms with Crippen LogP contribution in [0, 0.1) is 0 Å². The molecule has 21 heavy (non-hydrogen) atoms. The van der Waals surface area contributed by atoms with Gasteiger partial charge in [0.05, 0.1) is 13.7 Å². The molecule has 1 aromatic rings. The number of carbonyl (C=O) groups is 1. The van der Waals surface area contributed by atoms with Crippen LogP contribution in [-0.2, 0) is 9.53 Å². The Morgan fingerprint density at radius 3 is 2.57 bits per heavy atom. The van der Waals surface area contributed by atoms with Gasteiger partial charge in [0.25, 0.3) is 0 Å². The largest absolute Gasteiger partial charge is 0.496 e. The van der Waals surface area contributed by atoms with Gasteiger partial charge in [-0.2, -0.15) is 0 Å². The molecule has 0 heterocycles. The summed E-state index contributed by atoms with van der Waals surface area (Å²) in [5.41, 5.74) is 0.872. The minimum Gasteiger partial charge on any atom is -0.496 e. The second-order valence-electron chi connectivity index (χ2n) is 5.01. The van der Waals surface area contributed by atoms with Crippen LogP contribution in [0.2, 0.25) is 0 Å². The Bertz CT molecular complexity index is 438. The number of hydrogen-bond donors (Lipinski definition) is 0. The van der Waals surface area contributed by atoms with Crippen molar-refractivity contribution in [1.82, 2.24) is 0 Å². The van der Waals surface area contributed by atoms with Crippen molar-refractivity contribution < 1.29 is 14.3 Å². The molecule has 0 saturated heterocycles. The molecule has 0 unspecified atom stereocenters. The Balaban J connectivity index is 2.22. The highest BCUT2D eigenvalue weighted by atomic mass is 16.5. The molecule has 3 nitrogen and oxygen atoms in total. The van der Waals surface area contributed by atoms with Gasteiger partial charge in [0.2, 0.25) is 0 Å². The van der Waals surface area contributed by atoms with Crippen molar-refractivity contribution >= 4 is 12.0 Å². The number of rotatable bonds is 10. The summed E-state index contributed by atoms with van der Waals surface area (Å²) in [5.74, 6) is 0.451. The molecule has 0 aliphatic carbocycles. The molecule has 0 bridgehead atoms. The Hall–Kier alpha value is -1.77. The van der Waals surface area contributed by atoms with Crippen molar-refractivity contribution in [2.75, 3.05) is 13.7 Å². The molecule has 0 aromatic heterocycles. The molecule has 0 atom stereocenters. The van der Waals surface area contributed by atoms with E-state index in [0.717, 1.165) is 24.2 Å². The first kappa shape index (κ1) is 17.3. The van der Waals surface area contributed by atoms with Gasteiger partial charge in [-0.1, -0.05) is 57.2 Å². The summed E-state index contributed by atoms with van der Waals surface area (Å²) in [7, 11) is 1.61. The summed E-state index contributed by atoms with van der Waals surface area (Å²) < 4.78 is 10.4. The molecular weight excluding hydrogens is 264 g/mol. The van der Waals surface area contributed by atoms with Crippen LogP contribution >= 0.6 is 0 Å². The van der Waals surface area contributed by atoms with Crippen molar-refractivity contribution in [3.63, 3.8) is 0 Å². The highest BCUT2D eigenvalue weighted by Gasteiger charge is 2.00. The average molecular weight is 290 g/mol. The highest BCUT2D eigenvalue weighted by molar-refractivity contribution is 5.87. The molecule has 0 radical (unpaired) electrons. The van der Waals surface area contributed by atoms with Gasteiger partial charge in [-0.15, -0.1) is 0 Å². The summed E-state index contributed by atoms with van der Waals surface area (Å²) in [5, 5.41) is 0. The van der Waals surface area contributed by atoms with Gasteiger partial charge in [-0.3, -0.25) is 0 Å². The van der Waals surface area contributed by atoms with Gasteiger partial charge in [-0.05, 0) is 18.6 Å². The summed E-state index contributed by atoms with van der Waals surface area (Å²) >= 11 is 0. The minimum absolute atomic E-state index is 0.297. The minimum atomic E-state index is -0.297. The number of para-hydroxylation sites is 1. The van der Waals surface area contributed by atoms with Gasteiger partial charge < -0.3 is 9.47 Å². The maximum absolute atomic E-state index is 11.6. The lowest BCUT2D eigenvalue weighted by molar-refractivity contribution is -0.137. The molecule has 0 fully saturated rings. The normalized spacial score (nSPS) is 10.8. The van der Waals surface area contributed by atoms with Crippen molar-refractivity contribution in [2.24, 2.45) is 0 Å². The van der Waals surface area contributed by atoms with E-state index < -0.39 is 0 Å². The average Bonchev–Trinajstić information content (AvgIpc) is 2.52. The van der Waals surface area contributed by atoms with Crippen LogP contribution in [0.1, 0.15) is 51.0 Å². The second-order valence-corrected chi connectivity index (χ2v) is 5.01. The summed E-state index contributed by atoms with van der Waals surface area (Å²) in [4.78, 5) is 11.6. The van der Waals surface area contributed by atoms with Crippen LogP contribution in [0.4, 0.5) is 0 Å². The van der Waals surface area contributed by atoms with E-state index in [9.17, 15) is 4.79 Å². The number of benzene rings is 1. The van der Waals surface area contributed by atoms with E-state index >= 15 is 0 Å². The molecule has 1 aromatic carbocycles. The Morgan fingerprint density at radius 1 is 1.10 bits per heavy atom. The third kappa shape index (κ3) is 7.54. The molecular formula is C18H26O3. The number of carbonyl (C=O) groups excluding carboxylic acids is 1. The Morgan fingerprint density at radius 2 is 1.81 bits per heavy atom. The summed E-state index contributed by atoms with van der Waals surface area (Å²) in [6.07, 6.45) is 10.3. The van der Waals surface area contributed by atoms with Crippen LogP contribution in [-0.4, -0.2) is 19.7 Å². The lowest BCUT2D eigenvalue weighted by Crippen LogP contribution is -2.02. The van der Waals surface area contributed by atoms with Gasteiger partial charge in [0.1, 0.15) is 5.75 Å². The van der Waals surface area contributed by atoms with Gasteiger partial charge in [-0.25, -0.2) is 4.79 Å². The Labute approximate surface area is 128 Å². The number of unbranched alkanes of at least 4 members (excludes halogenated alkanes) is 5. The van der Waals surface area contributed by atoms with E-state index in [2.05, 4.69) is 6.92 Å². The van der Waals surface area contributed by atoms with E-state index in [1.807, 2.05) is 24.3 Å². The van der Waals surface area contributed by atoms with E-state index in [-0.39, 0.29) is 5.97 Å². The van der Waals surface area contributed by atoms with Gasteiger partial charge in [0.15, 0.2) is 0 Å². The fraction of sp³-hybridized carbons (Fsp3) is 0.500. The third-order valence-electron chi connectivity index (χ3n) is 3.28. The van der Waals surface area contributed by atoms with E-state index in [1.54, 1.807) is 13.2 Å². The Kier molecular flexibility index (Phi) is 9.01. The zero-order valence-electron chi connectivity index (χ0n) is 13.1. The highest BCUT2D eigenvalue weighted by Crippen LogP contribution is 2.18. The SMILES string of the molecule is CCCCCCCCOC(=O)/C=C/c1ccccc1OC. The number of ether oxygens (including phenoxy) is 2. The second kappa shape index (κ2) is 11.0. The van der Waals surface area contributed by atoms with Crippen LogP contribution in [0.25, 0.3) is 6.08 Å². The topological polar surface area (TPSA) is 35.5 Å². The van der Waals surface area contributed by atoms with Gasteiger partial charge >= 0.3 is 5.97 Å². The lowest BCUT2D eigenvalue weighted by atomic mass is 10.1. The van der Waals surface area contributed by atoms with E-state index in [0.29, 0.717) is 6.61 Å². The molecule has 0 amide bonds. The smallest absolute Gasteiger partial charge is 0.330 e. The summed E-state index contributed by atoms with van der Waals surface area (Å²) in [6.45, 7) is 2.71. The van der Waals surface area contributed by atoms with E-state index in [4.69, 9.17) is 9.47 Å². The number of methoxy groups -OCH3 is 1. The predicted octanol–water partition coefficient (Wildman–Crippen LogP) is 4.61. The fourth-order valence-electron chi connectivity index (χ4n) is 2.07. The molecule has 116 valence electrons. The summed E-state index contributed by atoms with van der Waals surface area (Å²) in [6, 6.07) is 7.56. The first-order valence-electron chi connectivity index (χ1n) is 7.75. The molecule has 0 N–H and O–H groups in total. The zero-order valence-corrected chi connectivity index (χ0v) is 13.1. The van der Waals surface area contributed by atoms with Crippen molar-refractivity contribution in [2.45, 2.75) is 45.4 Å². The van der Waals surface area contributed by atoms with Crippen molar-refractivity contribution in [3.05, 3.63) is 35.9 Å². The van der Waals surface area contributed by atoms with Crippen LogP contribution < -0.4 is 4.74 Å². The van der Waals surface area contributed by atoms with Crippen molar-refractivity contribution in [1.29, 1.82) is 0 Å². The first-order valence-corrected chi connectivity index (χ1v) is 7.75. The lowest BCUT2D eigenvalue weighted by Gasteiger charge is -2.04. The van der Waals surface area contributed by atoms with E-state index in [1.165, 1.54) is 31.8 Å². The number of hydrogen-bond acceptors (Lipinski definition) is 3. The standard InChI is InChI=1S/C18H26O3/c1-3-4-5-6-7-10-15-21-18(19)14-13-16-11-8-9-12-17(16)20-2/h8-9,11-14H,3-7,10,15H2,1-2H3/b14-13+. The van der Waals surface area contributed by atoms with Crippen LogP contribution in [0.15, 0.2) is 30.3 Å². The predicted molar refractivity (Wildman–Crippen MR) is 86.4 cm³/mol. The molecule has 0 saturated carbocycles. The maximum Gasteiger partial charge on any atom is 0.330 e. The first-order chi connectivity index (χ1) is 10.3. The molecule has 3 heteroatoms. The quantitative estimate of drug-likeness (QED) is 0.358. The van der Waals surface area contributed by atoms with Crippen LogP contribution in [0.3, 0.4) is 0 Å². The molecule has 0 spiro atoms. The molecule has 0 aliphatic heterocycles. The fourth-order valence-corrected chi connectivity index (χ4v) is 2.07. The zero-order chi connectivity index (χ0) is 15.3. The molecule has 0 aliphatic rings. The third-order valence-corrected chi connectivity index (χ3v) is 3.28. The van der Waals surface area contributed by atoms with Crippen LogP contribution in [0.5, 0.6) is 5.75 Å². The monoisotopic (exact) mass is 290 g/mol. The molecule has 1 rings (SSSR count). The maximum atomic E-state index is 11.6. The van der Waals surface area contributed by atoms with Gasteiger partial charge in [0, 0.05) is 11.6 Å².